The number of hydrogen-bond acceptors (Lipinski definition) is 5. The van der Waals surface area contributed by atoms with Gasteiger partial charge in [0.05, 0.1) is 0 Å². The molecule has 2 heterocycles. The number of aliphatic hydroxyl groups is 1. The zero-order valence-electron chi connectivity index (χ0n) is 11.3. The molecular formula is C13H21N3O3. The minimum Gasteiger partial charge on any atom is -0.396 e. The van der Waals surface area contributed by atoms with Crippen LogP contribution in [0.25, 0.3) is 0 Å². The van der Waals surface area contributed by atoms with Crippen molar-refractivity contribution in [2.24, 2.45) is 5.92 Å². The van der Waals surface area contributed by atoms with Gasteiger partial charge in [-0.3, -0.25) is 4.79 Å². The van der Waals surface area contributed by atoms with Crippen LogP contribution in [0.1, 0.15) is 25.0 Å². The second-order valence-corrected chi connectivity index (χ2v) is 5.09. The van der Waals surface area contributed by atoms with E-state index in [9.17, 15) is 4.79 Å². The summed E-state index contributed by atoms with van der Waals surface area (Å²) in [6.07, 6.45) is 2.43. The van der Waals surface area contributed by atoms with Crippen molar-refractivity contribution >= 4 is 11.7 Å². The van der Waals surface area contributed by atoms with Crippen LogP contribution in [-0.4, -0.2) is 47.3 Å². The van der Waals surface area contributed by atoms with E-state index in [0.717, 1.165) is 32.5 Å². The summed E-state index contributed by atoms with van der Waals surface area (Å²) in [5, 5.41) is 15.3. The summed E-state index contributed by atoms with van der Waals surface area (Å²) >= 11 is 0. The Morgan fingerprint density at radius 2 is 2.53 bits per heavy atom. The van der Waals surface area contributed by atoms with Crippen molar-refractivity contribution < 1.29 is 14.4 Å². The van der Waals surface area contributed by atoms with E-state index < -0.39 is 0 Å². The molecule has 0 aromatic carbocycles. The Morgan fingerprint density at radius 1 is 1.68 bits per heavy atom. The van der Waals surface area contributed by atoms with E-state index in [1.54, 1.807) is 13.0 Å². The number of aliphatic hydroxyl groups excluding tert-OH is 1. The van der Waals surface area contributed by atoms with Crippen LogP contribution in [0.5, 0.6) is 0 Å². The highest BCUT2D eigenvalue weighted by molar-refractivity contribution is 5.89. The first-order valence-corrected chi connectivity index (χ1v) is 6.73. The molecule has 106 valence electrons. The predicted molar refractivity (Wildman–Crippen MR) is 70.7 cm³/mol. The van der Waals surface area contributed by atoms with Crippen LogP contribution >= 0.6 is 0 Å². The van der Waals surface area contributed by atoms with Crippen molar-refractivity contribution in [2.45, 2.75) is 26.2 Å². The molecule has 1 amide bonds. The van der Waals surface area contributed by atoms with Gasteiger partial charge in [0.15, 0.2) is 5.82 Å². The minimum atomic E-state index is -0.0427. The fraction of sp³-hybridized carbons (Fsp3) is 0.692. The molecule has 1 aliphatic heterocycles. The highest BCUT2D eigenvalue weighted by atomic mass is 16.5. The average molecular weight is 267 g/mol. The lowest BCUT2D eigenvalue weighted by Gasteiger charge is -2.15. The van der Waals surface area contributed by atoms with E-state index in [-0.39, 0.29) is 12.5 Å². The Balaban J connectivity index is 1.67. The normalized spacial score (nSPS) is 19.8. The van der Waals surface area contributed by atoms with Gasteiger partial charge in [0.2, 0.25) is 5.91 Å². The van der Waals surface area contributed by atoms with Gasteiger partial charge in [-0.05, 0) is 32.2 Å². The van der Waals surface area contributed by atoms with Crippen molar-refractivity contribution in [1.29, 1.82) is 0 Å². The first-order chi connectivity index (χ1) is 9.17. The van der Waals surface area contributed by atoms with Gasteiger partial charge in [-0.25, -0.2) is 0 Å². The van der Waals surface area contributed by atoms with Crippen molar-refractivity contribution in [3.05, 3.63) is 11.8 Å². The van der Waals surface area contributed by atoms with Crippen molar-refractivity contribution in [3.63, 3.8) is 0 Å². The molecule has 0 bridgehead atoms. The number of aromatic nitrogens is 1. The molecule has 1 fully saturated rings. The first-order valence-electron chi connectivity index (χ1n) is 6.73. The maximum atomic E-state index is 11.7. The maximum absolute atomic E-state index is 11.7. The van der Waals surface area contributed by atoms with Gasteiger partial charge in [0, 0.05) is 32.2 Å². The van der Waals surface area contributed by atoms with Gasteiger partial charge in [-0.15, -0.1) is 0 Å². The number of aryl methyl sites for hydroxylation is 1. The van der Waals surface area contributed by atoms with Gasteiger partial charge in [-0.1, -0.05) is 5.16 Å². The zero-order valence-corrected chi connectivity index (χ0v) is 11.3. The van der Waals surface area contributed by atoms with Gasteiger partial charge in [0.25, 0.3) is 0 Å². The molecule has 0 saturated carbocycles. The lowest BCUT2D eigenvalue weighted by Crippen LogP contribution is -2.26. The molecule has 1 atom stereocenters. The monoisotopic (exact) mass is 267 g/mol. The number of carbonyl (C=O) groups excluding carboxylic acids is 1. The van der Waals surface area contributed by atoms with Crippen molar-refractivity contribution in [1.82, 2.24) is 10.1 Å². The summed E-state index contributed by atoms with van der Waals surface area (Å²) in [4.78, 5) is 14.0. The van der Waals surface area contributed by atoms with Crippen LogP contribution in [0.4, 0.5) is 5.82 Å². The Hall–Kier alpha value is -1.40. The highest BCUT2D eigenvalue weighted by Crippen LogP contribution is 2.19. The smallest absolute Gasteiger partial charge is 0.226 e. The number of hydrogen-bond donors (Lipinski definition) is 2. The lowest BCUT2D eigenvalue weighted by atomic mass is 10.1. The lowest BCUT2D eigenvalue weighted by molar-refractivity contribution is -0.116. The standard InChI is InChI=1S/C13H21N3O3/c1-10-8-12(15-19-10)14-13(18)3-6-16-5-2-11(9-16)4-7-17/h8,11,17H,2-7,9H2,1H3,(H,14,15,18). The van der Waals surface area contributed by atoms with Crippen LogP contribution in [0.15, 0.2) is 10.6 Å². The third-order valence-corrected chi connectivity index (χ3v) is 3.46. The number of nitrogens with one attached hydrogen (secondary N) is 1. The molecule has 1 aliphatic rings. The Labute approximate surface area is 112 Å². The third kappa shape index (κ3) is 4.33. The van der Waals surface area contributed by atoms with E-state index in [0.29, 0.717) is 23.9 Å². The Morgan fingerprint density at radius 3 is 3.21 bits per heavy atom. The third-order valence-electron chi connectivity index (χ3n) is 3.46. The second-order valence-electron chi connectivity index (χ2n) is 5.09. The highest BCUT2D eigenvalue weighted by Gasteiger charge is 2.22. The Bertz CT molecular complexity index is 419. The molecule has 1 unspecified atom stereocenters. The predicted octanol–water partition coefficient (Wildman–Crippen LogP) is 1.02. The first kappa shape index (κ1) is 14.0. The van der Waals surface area contributed by atoms with E-state index >= 15 is 0 Å². The number of carbonyl (C=O) groups is 1. The molecular weight excluding hydrogens is 246 g/mol. The summed E-state index contributed by atoms with van der Waals surface area (Å²) in [6, 6.07) is 1.70. The fourth-order valence-corrected chi connectivity index (χ4v) is 2.42. The van der Waals surface area contributed by atoms with E-state index in [2.05, 4.69) is 15.4 Å². The molecule has 6 heteroatoms. The minimum absolute atomic E-state index is 0.0427. The van der Waals surface area contributed by atoms with E-state index in [1.807, 2.05) is 0 Å². The van der Waals surface area contributed by atoms with Crippen LogP contribution < -0.4 is 5.32 Å². The SMILES string of the molecule is Cc1cc(NC(=O)CCN2CCC(CCO)C2)no1. The number of nitrogens with zero attached hydrogens (tertiary/aromatic N) is 2. The molecule has 6 nitrogen and oxygen atoms in total. The van der Waals surface area contributed by atoms with Gasteiger partial charge >= 0.3 is 0 Å². The summed E-state index contributed by atoms with van der Waals surface area (Å²) in [7, 11) is 0. The number of amides is 1. The second kappa shape index (κ2) is 6.68. The largest absolute Gasteiger partial charge is 0.396 e. The topological polar surface area (TPSA) is 78.6 Å². The molecule has 2 N–H and O–H groups in total. The maximum Gasteiger partial charge on any atom is 0.226 e. The zero-order chi connectivity index (χ0) is 13.7. The van der Waals surface area contributed by atoms with Gasteiger partial charge in [-0.2, -0.15) is 0 Å². The molecule has 0 radical (unpaired) electrons. The van der Waals surface area contributed by atoms with Gasteiger partial charge < -0.3 is 19.8 Å². The molecule has 1 aromatic rings. The van der Waals surface area contributed by atoms with E-state index in [4.69, 9.17) is 9.63 Å². The van der Waals surface area contributed by atoms with Crippen LogP contribution in [0.2, 0.25) is 0 Å². The summed E-state index contributed by atoms with van der Waals surface area (Å²) in [5.74, 6) is 1.69. The molecule has 19 heavy (non-hydrogen) atoms. The Kier molecular flexibility index (Phi) is 4.93. The van der Waals surface area contributed by atoms with Crippen molar-refractivity contribution in [2.75, 3.05) is 31.6 Å². The molecule has 2 rings (SSSR count). The van der Waals surface area contributed by atoms with Crippen LogP contribution in [0.3, 0.4) is 0 Å². The fourth-order valence-electron chi connectivity index (χ4n) is 2.42. The molecule has 1 aromatic heterocycles. The summed E-state index contributed by atoms with van der Waals surface area (Å²) in [5.41, 5.74) is 0. The van der Waals surface area contributed by atoms with Gasteiger partial charge in [0.1, 0.15) is 5.76 Å². The number of likely N-dealkylation sites (tertiary alicyclic amines) is 1. The molecule has 1 saturated heterocycles. The van der Waals surface area contributed by atoms with Crippen molar-refractivity contribution in [3.8, 4) is 0 Å². The summed E-state index contributed by atoms with van der Waals surface area (Å²) in [6.45, 7) is 4.79. The van der Waals surface area contributed by atoms with E-state index in [1.165, 1.54) is 0 Å². The van der Waals surface area contributed by atoms with Crippen LogP contribution in [0, 0.1) is 12.8 Å². The van der Waals surface area contributed by atoms with Crippen LogP contribution in [-0.2, 0) is 4.79 Å². The quantitative estimate of drug-likeness (QED) is 0.804. The molecule has 0 spiro atoms. The molecule has 0 aliphatic carbocycles. The number of anilines is 1. The summed E-state index contributed by atoms with van der Waals surface area (Å²) < 4.78 is 4.89. The average Bonchev–Trinajstić information content (AvgIpc) is 2.97. The number of rotatable bonds is 6.